The molecule has 0 aromatic carbocycles. The molecule has 1 aromatic heterocycles. The normalized spacial score (nSPS) is 9.42. The maximum absolute atomic E-state index is 10.9. The Hall–Kier alpha value is -1.85. The Morgan fingerprint density at radius 1 is 1.58 bits per heavy atom. The topological polar surface area (TPSA) is 95.3 Å². The number of hydrogen-bond donors (Lipinski definition) is 3. The number of nitrogens with one attached hydrogen (secondary N) is 1. The summed E-state index contributed by atoms with van der Waals surface area (Å²) >= 11 is 0. The second-order valence-electron chi connectivity index (χ2n) is 2.01. The van der Waals surface area contributed by atoms with Crippen LogP contribution >= 0.6 is 0 Å². The van der Waals surface area contributed by atoms with Gasteiger partial charge in [0.05, 0.1) is 6.20 Å². The number of aromatic hydroxyl groups is 2. The third-order valence-corrected chi connectivity index (χ3v) is 1.28. The molecule has 3 N–H and O–H groups in total. The predicted octanol–water partition coefficient (Wildman–Crippen LogP) is -0.753. The van der Waals surface area contributed by atoms with Crippen molar-refractivity contribution in [3.8, 4) is 11.6 Å². The van der Waals surface area contributed by atoms with Gasteiger partial charge in [0.15, 0.2) is 5.75 Å². The van der Waals surface area contributed by atoms with Gasteiger partial charge in [-0.05, 0) is 0 Å². The van der Waals surface area contributed by atoms with Gasteiger partial charge in [-0.1, -0.05) is 0 Å². The first kappa shape index (κ1) is 8.25. The van der Waals surface area contributed by atoms with Gasteiger partial charge in [-0.15, -0.1) is 5.10 Å². The number of hydrogen-bond acceptors (Lipinski definition) is 5. The zero-order chi connectivity index (χ0) is 9.14. The Kier molecular flexibility index (Phi) is 2.09. The molecule has 0 saturated carbocycles. The van der Waals surface area contributed by atoms with Crippen molar-refractivity contribution in [3.63, 3.8) is 0 Å². The number of carbonyl (C=O) groups excluding carboxylic acids is 1. The van der Waals surface area contributed by atoms with Crippen molar-refractivity contribution in [3.05, 3.63) is 11.8 Å². The van der Waals surface area contributed by atoms with Crippen LogP contribution in [0.25, 0.3) is 0 Å². The van der Waals surface area contributed by atoms with Gasteiger partial charge in [-0.3, -0.25) is 4.79 Å². The molecule has 1 rings (SSSR count). The van der Waals surface area contributed by atoms with Crippen molar-refractivity contribution < 1.29 is 15.0 Å². The van der Waals surface area contributed by atoms with Crippen LogP contribution in [0, 0.1) is 0 Å². The molecule has 0 aliphatic rings. The Bertz CT molecular complexity index is 313. The molecule has 0 atom stereocenters. The first-order chi connectivity index (χ1) is 5.66. The van der Waals surface area contributed by atoms with Crippen LogP contribution in [0.5, 0.6) is 11.6 Å². The van der Waals surface area contributed by atoms with Crippen LogP contribution in [0.2, 0.25) is 0 Å². The average Bonchev–Trinajstić information content (AvgIpc) is 2.08. The first-order valence-electron chi connectivity index (χ1n) is 3.12. The van der Waals surface area contributed by atoms with E-state index in [0.29, 0.717) is 0 Å². The molecule has 0 aliphatic heterocycles. The fraction of sp³-hybridized carbons (Fsp3) is 0.167. The number of aromatic nitrogens is 2. The largest absolute Gasteiger partial charge is 0.502 e. The summed E-state index contributed by atoms with van der Waals surface area (Å²) in [5.74, 6) is -1.75. The van der Waals surface area contributed by atoms with Gasteiger partial charge in [0.1, 0.15) is 5.56 Å². The molecule has 1 amide bonds. The second kappa shape index (κ2) is 3.04. The van der Waals surface area contributed by atoms with Crippen LogP contribution in [-0.4, -0.2) is 33.4 Å². The summed E-state index contributed by atoms with van der Waals surface area (Å²) < 4.78 is 0. The van der Waals surface area contributed by atoms with E-state index in [9.17, 15) is 4.79 Å². The maximum Gasteiger partial charge on any atom is 0.274 e. The molecule has 12 heavy (non-hydrogen) atoms. The lowest BCUT2D eigenvalue weighted by atomic mass is 10.2. The number of carbonyl (C=O) groups is 1. The van der Waals surface area contributed by atoms with Gasteiger partial charge in [0.25, 0.3) is 11.8 Å². The fourth-order valence-electron chi connectivity index (χ4n) is 0.671. The SMILES string of the molecule is CNC(=O)c1cnnc(O)c1O. The summed E-state index contributed by atoms with van der Waals surface area (Å²) in [4.78, 5) is 10.9. The quantitative estimate of drug-likeness (QED) is 0.514. The average molecular weight is 169 g/mol. The molecule has 0 aliphatic carbocycles. The van der Waals surface area contributed by atoms with E-state index in [1.165, 1.54) is 7.05 Å². The van der Waals surface area contributed by atoms with E-state index in [1.807, 2.05) is 0 Å². The molecule has 0 bridgehead atoms. The summed E-state index contributed by atoms with van der Waals surface area (Å²) in [7, 11) is 1.40. The monoisotopic (exact) mass is 169 g/mol. The van der Waals surface area contributed by atoms with Crippen LogP contribution < -0.4 is 5.32 Å². The molecule has 6 heteroatoms. The van der Waals surface area contributed by atoms with Crippen molar-refractivity contribution in [2.75, 3.05) is 7.05 Å². The minimum absolute atomic E-state index is 0.106. The molecule has 0 saturated heterocycles. The fourth-order valence-corrected chi connectivity index (χ4v) is 0.671. The van der Waals surface area contributed by atoms with Crippen molar-refractivity contribution >= 4 is 5.91 Å². The molecule has 64 valence electrons. The molecule has 1 heterocycles. The standard InChI is InChI=1S/C6H7N3O3/c1-7-5(11)3-2-8-9-6(12)4(3)10/h2H,1H3,(H,7,11)(H,8,10)(H,9,12). The minimum Gasteiger partial charge on any atom is -0.502 e. The Morgan fingerprint density at radius 2 is 2.25 bits per heavy atom. The molecule has 0 unspecified atom stereocenters. The van der Waals surface area contributed by atoms with E-state index in [1.54, 1.807) is 0 Å². The van der Waals surface area contributed by atoms with Crippen LogP contribution in [0.3, 0.4) is 0 Å². The highest BCUT2D eigenvalue weighted by Crippen LogP contribution is 2.23. The van der Waals surface area contributed by atoms with Crippen LogP contribution in [-0.2, 0) is 0 Å². The predicted molar refractivity (Wildman–Crippen MR) is 38.8 cm³/mol. The summed E-state index contributed by atoms with van der Waals surface area (Å²) in [6.45, 7) is 0. The molecular weight excluding hydrogens is 162 g/mol. The molecule has 6 nitrogen and oxygen atoms in total. The van der Waals surface area contributed by atoms with Gasteiger partial charge in [0, 0.05) is 7.05 Å². The van der Waals surface area contributed by atoms with Crippen LogP contribution in [0.1, 0.15) is 10.4 Å². The summed E-state index contributed by atoms with van der Waals surface area (Å²) in [6, 6.07) is 0. The minimum atomic E-state index is -0.656. The highest BCUT2D eigenvalue weighted by Gasteiger charge is 2.13. The van der Waals surface area contributed by atoms with Gasteiger partial charge >= 0.3 is 0 Å². The Morgan fingerprint density at radius 3 is 2.83 bits per heavy atom. The third-order valence-electron chi connectivity index (χ3n) is 1.28. The van der Waals surface area contributed by atoms with E-state index in [0.717, 1.165) is 6.20 Å². The maximum atomic E-state index is 10.9. The lowest BCUT2D eigenvalue weighted by Crippen LogP contribution is -2.18. The van der Waals surface area contributed by atoms with Gasteiger partial charge in [-0.2, -0.15) is 5.10 Å². The number of amides is 1. The van der Waals surface area contributed by atoms with Crippen LogP contribution in [0.4, 0.5) is 0 Å². The first-order valence-corrected chi connectivity index (χ1v) is 3.12. The van der Waals surface area contributed by atoms with Gasteiger partial charge in [-0.25, -0.2) is 0 Å². The van der Waals surface area contributed by atoms with Crippen molar-refractivity contribution in [1.82, 2.24) is 15.5 Å². The second-order valence-corrected chi connectivity index (χ2v) is 2.01. The lowest BCUT2D eigenvalue weighted by Gasteiger charge is -2.01. The molecule has 1 aromatic rings. The summed E-state index contributed by atoms with van der Waals surface area (Å²) in [5.41, 5.74) is -0.106. The number of nitrogens with zero attached hydrogens (tertiary/aromatic N) is 2. The zero-order valence-electron chi connectivity index (χ0n) is 6.27. The lowest BCUT2D eigenvalue weighted by molar-refractivity contribution is 0.0959. The molecule has 0 fully saturated rings. The smallest absolute Gasteiger partial charge is 0.274 e. The van der Waals surface area contributed by atoms with Gasteiger partial charge in [0.2, 0.25) is 0 Å². The zero-order valence-corrected chi connectivity index (χ0v) is 6.27. The third kappa shape index (κ3) is 1.26. The molecular formula is C6H7N3O3. The number of rotatable bonds is 1. The van der Waals surface area contributed by atoms with E-state index >= 15 is 0 Å². The van der Waals surface area contributed by atoms with E-state index in [4.69, 9.17) is 10.2 Å². The van der Waals surface area contributed by atoms with Crippen molar-refractivity contribution in [1.29, 1.82) is 0 Å². The molecule has 0 spiro atoms. The Labute approximate surface area is 67.9 Å². The van der Waals surface area contributed by atoms with Crippen molar-refractivity contribution in [2.24, 2.45) is 0 Å². The summed E-state index contributed by atoms with van der Waals surface area (Å²) in [5, 5.41) is 26.6. The molecule has 0 radical (unpaired) electrons. The highest BCUT2D eigenvalue weighted by molar-refractivity contribution is 5.96. The van der Waals surface area contributed by atoms with E-state index in [2.05, 4.69) is 15.5 Å². The van der Waals surface area contributed by atoms with Gasteiger partial charge < -0.3 is 15.5 Å². The van der Waals surface area contributed by atoms with Crippen LogP contribution in [0.15, 0.2) is 6.20 Å². The highest BCUT2D eigenvalue weighted by atomic mass is 16.3. The van der Waals surface area contributed by atoms with Crippen molar-refractivity contribution in [2.45, 2.75) is 0 Å². The summed E-state index contributed by atoms with van der Waals surface area (Å²) in [6.07, 6.45) is 1.06. The van der Waals surface area contributed by atoms with E-state index < -0.39 is 17.5 Å². The Balaban J connectivity index is 3.16. The van der Waals surface area contributed by atoms with E-state index in [-0.39, 0.29) is 5.56 Å².